The third-order valence-electron chi connectivity index (χ3n) is 5.32. The number of anilines is 4. The third-order valence-corrected chi connectivity index (χ3v) is 5.32. The topological polar surface area (TPSA) is 111 Å². The van der Waals surface area contributed by atoms with Crippen LogP contribution in [-0.2, 0) is 0 Å². The number of aromatic nitrogens is 2. The van der Waals surface area contributed by atoms with E-state index >= 15 is 0 Å². The van der Waals surface area contributed by atoms with Crippen LogP contribution in [-0.4, -0.2) is 64.2 Å². The molecule has 1 saturated heterocycles. The van der Waals surface area contributed by atoms with E-state index in [-0.39, 0.29) is 23.9 Å². The summed E-state index contributed by atoms with van der Waals surface area (Å²) < 4.78 is 0. The van der Waals surface area contributed by atoms with Crippen LogP contribution in [0, 0.1) is 10.1 Å². The summed E-state index contributed by atoms with van der Waals surface area (Å²) in [5.74, 6) is 0.405. The molecule has 3 aromatic rings. The molecule has 10 nitrogen and oxygen atoms in total. The van der Waals surface area contributed by atoms with Crippen LogP contribution in [0.4, 0.5) is 28.7 Å². The van der Waals surface area contributed by atoms with Crippen molar-refractivity contribution in [1.82, 2.24) is 14.9 Å². The molecule has 0 aliphatic carbocycles. The second-order valence-corrected chi connectivity index (χ2v) is 7.32. The number of β-amino-alcohol motifs (C(OH)–C–C–N with tert-alkyl or cyclic N) is 1. The number of nitrogens with zero attached hydrogens (tertiary/aromatic N) is 6. The zero-order valence-electron chi connectivity index (χ0n) is 17.5. The SMILES string of the molecule is O=[N+]([O-])c1c(NN(c2ccccc2)c2ccccc2)ncnc1N1CCN(CCO)CC1. The predicted molar refractivity (Wildman–Crippen MR) is 123 cm³/mol. The second-order valence-electron chi connectivity index (χ2n) is 7.32. The molecule has 0 amide bonds. The monoisotopic (exact) mass is 435 g/mol. The van der Waals surface area contributed by atoms with Crippen molar-refractivity contribution < 1.29 is 10.0 Å². The Hall–Kier alpha value is -3.76. The summed E-state index contributed by atoms with van der Waals surface area (Å²) >= 11 is 0. The van der Waals surface area contributed by atoms with E-state index in [0.717, 1.165) is 11.4 Å². The van der Waals surface area contributed by atoms with Gasteiger partial charge in [0.25, 0.3) is 0 Å². The summed E-state index contributed by atoms with van der Waals surface area (Å²) in [5.41, 5.74) is 4.60. The lowest BCUT2D eigenvalue weighted by atomic mass is 10.2. The van der Waals surface area contributed by atoms with Crippen molar-refractivity contribution in [3.63, 3.8) is 0 Å². The van der Waals surface area contributed by atoms with E-state index in [1.54, 1.807) is 5.01 Å². The van der Waals surface area contributed by atoms with Gasteiger partial charge in [0, 0.05) is 32.7 Å². The highest BCUT2D eigenvalue weighted by atomic mass is 16.6. The molecule has 0 spiro atoms. The van der Waals surface area contributed by atoms with Crippen LogP contribution in [0.5, 0.6) is 0 Å². The molecule has 2 aromatic carbocycles. The Bertz CT molecular complexity index is 989. The minimum absolute atomic E-state index is 0.0938. The third kappa shape index (κ3) is 4.76. The number of rotatable bonds is 8. The van der Waals surface area contributed by atoms with Crippen molar-refractivity contribution >= 4 is 28.7 Å². The Morgan fingerprint density at radius 2 is 1.56 bits per heavy atom. The van der Waals surface area contributed by atoms with E-state index in [9.17, 15) is 10.1 Å². The Balaban J connectivity index is 1.67. The summed E-state index contributed by atoms with van der Waals surface area (Å²) in [6, 6.07) is 19.1. The smallest absolute Gasteiger partial charge is 0.355 e. The number of aliphatic hydroxyl groups is 1. The summed E-state index contributed by atoms with van der Waals surface area (Å²) in [4.78, 5) is 24.2. The van der Waals surface area contributed by atoms with Crippen LogP contribution < -0.4 is 15.3 Å². The molecular formula is C22H25N7O3. The van der Waals surface area contributed by atoms with Crippen molar-refractivity contribution in [3.8, 4) is 0 Å². The Morgan fingerprint density at radius 3 is 2.09 bits per heavy atom. The highest BCUT2D eigenvalue weighted by Crippen LogP contribution is 2.34. The number of benzene rings is 2. The highest BCUT2D eigenvalue weighted by molar-refractivity contribution is 5.75. The number of hydrazine groups is 1. The molecule has 0 unspecified atom stereocenters. The average molecular weight is 435 g/mol. The van der Waals surface area contributed by atoms with Crippen LogP contribution in [0.15, 0.2) is 67.0 Å². The van der Waals surface area contributed by atoms with Crippen LogP contribution in [0.25, 0.3) is 0 Å². The number of piperazine rings is 1. The zero-order chi connectivity index (χ0) is 22.3. The zero-order valence-corrected chi connectivity index (χ0v) is 17.5. The van der Waals surface area contributed by atoms with Crippen molar-refractivity contribution in [1.29, 1.82) is 0 Å². The van der Waals surface area contributed by atoms with Gasteiger partial charge in [-0.3, -0.25) is 25.4 Å². The van der Waals surface area contributed by atoms with Crippen LogP contribution in [0.3, 0.4) is 0 Å². The molecular weight excluding hydrogens is 410 g/mol. The maximum Gasteiger partial charge on any atom is 0.355 e. The van der Waals surface area contributed by atoms with E-state index in [1.807, 2.05) is 65.6 Å². The normalized spacial score (nSPS) is 14.2. The largest absolute Gasteiger partial charge is 0.395 e. The number of hydrogen-bond acceptors (Lipinski definition) is 9. The number of hydrogen-bond donors (Lipinski definition) is 2. The van der Waals surface area contributed by atoms with Crippen molar-refractivity contribution in [2.75, 3.05) is 54.7 Å². The van der Waals surface area contributed by atoms with Gasteiger partial charge < -0.3 is 10.0 Å². The molecule has 0 saturated carbocycles. The molecule has 32 heavy (non-hydrogen) atoms. The maximum atomic E-state index is 12.1. The number of aliphatic hydroxyl groups excluding tert-OH is 1. The molecule has 0 atom stereocenters. The van der Waals surface area contributed by atoms with Crippen molar-refractivity contribution in [2.45, 2.75) is 0 Å². The van der Waals surface area contributed by atoms with E-state index in [2.05, 4.69) is 20.3 Å². The van der Waals surface area contributed by atoms with Gasteiger partial charge in [-0.2, -0.15) is 0 Å². The number of nitrogens with one attached hydrogen (secondary N) is 1. The van der Waals surface area contributed by atoms with Crippen LogP contribution in [0.2, 0.25) is 0 Å². The van der Waals surface area contributed by atoms with Gasteiger partial charge in [0.1, 0.15) is 6.33 Å². The Kier molecular flexibility index (Phi) is 6.73. The van der Waals surface area contributed by atoms with Gasteiger partial charge in [0.15, 0.2) is 0 Å². The predicted octanol–water partition coefficient (Wildman–Crippen LogP) is 2.66. The van der Waals surface area contributed by atoms with Gasteiger partial charge in [0.2, 0.25) is 11.6 Å². The summed E-state index contributed by atoms with van der Waals surface area (Å²) in [5, 5.41) is 23.0. The van der Waals surface area contributed by atoms with E-state index < -0.39 is 4.92 Å². The molecule has 1 fully saturated rings. The molecule has 4 rings (SSSR count). The van der Waals surface area contributed by atoms with Gasteiger partial charge in [-0.25, -0.2) is 9.97 Å². The summed E-state index contributed by atoms with van der Waals surface area (Å²) in [6.07, 6.45) is 1.35. The molecule has 1 aliphatic heterocycles. The van der Waals surface area contributed by atoms with Crippen LogP contribution in [0.1, 0.15) is 0 Å². The van der Waals surface area contributed by atoms with Crippen molar-refractivity contribution in [2.24, 2.45) is 0 Å². The highest BCUT2D eigenvalue weighted by Gasteiger charge is 2.30. The average Bonchev–Trinajstić information content (AvgIpc) is 2.84. The summed E-state index contributed by atoms with van der Waals surface area (Å²) in [7, 11) is 0. The van der Waals surface area contributed by atoms with Gasteiger partial charge in [0.05, 0.1) is 22.9 Å². The van der Waals surface area contributed by atoms with Crippen LogP contribution >= 0.6 is 0 Å². The van der Waals surface area contributed by atoms with Gasteiger partial charge in [-0.05, 0) is 24.3 Å². The minimum Gasteiger partial charge on any atom is -0.395 e. The Labute approximate surface area is 185 Å². The molecule has 2 N–H and O–H groups in total. The number of para-hydroxylation sites is 2. The lowest BCUT2D eigenvalue weighted by Crippen LogP contribution is -2.47. The Morgan fingerprint density at radius 1 is 0.969 bits per heavy atom. The molecule has 1 aromatic heterocycles. The fourth-order valence-electron chi connectivity index (χ4n) is 3.71. The fraction of sp³-hybridized carbons (Fsp3) is 0.273. The van der Waals surface area contributed by atoms with Gasteiger partial charge >= 0.3 is 5.69 Å². The first-order valence-electron chi connectivity index (χ1n) is 10.4. The quantitative estimate of drug-likeness (QED) is 0.407. The molecule has 2 heterocycles. The van der Waals surface area contributed by atoms with E-state index in [0.29, 0.717) is 32.7 Å². The first kappa shape index (κ1) is 21.5. The fourth-order valence-corrected chi connectivity index (χ4v) is 3.71. The molecule has 0 bridgehead atoms. The first-order chi connectivity index (χ1) is 15.7. The lowest BCUT2D eigenvalue weighted by Gasteiger charge is -2.34. The molecule has 10 heteroatoms. The van der Waals surface area contributed by atoms with Gasteiger partial charge in [-0.15, -0.1) is 0 Å². The molecule has 166 valence electrons. The summed E-state index contributed by atoms with van der Waals surface area (Å²) in [6.45, 7) is 3.25. The molecule has 1 aliphatic rings. The standard InChI is InChI=1S/C22H25N7O3/c30-16-15-26-11-13-27(14-12-26)22-20(29(31)32)21(23-17-24-22)25-28(18-7-3-1-4-8-18)19-9-5-2-6-10-19/h1-10,17,30H,11-16H2,(H,23,24,25). The van der Waals surface area contributed by atoms with Gasteiger partial charge in [-0.1, -0.05) is 36.4 Å². The lowest BCUT2D eigenvalue weighted by molar-refractivity contribution is -0.383. The number of nitro groups is 1. The van der Waals surface area contributed by atoms with E-state index in [4.69, 9.17) is 5.11 Å². The maximum absolute atomic E-state index is 12.1. The second kappa shape index (κ2) is 10.0. The minimum atomic E-state index is -0.439. The first-order valence-corrected chi connectivity index (χ1v) is 10.4. The van der Waals surface area contributed by atoms with E-state index in [1.165, 1.54) is 6.33 Å². The van der Waals surface area contributed by atoms with Crippen molar-refractivity contribution in [3.05, 3.63) is 77.1 Å². The molecule has 0 radical (unpaired) electrons.